The quantitative estimate of drug-likeness (QED) is 0.863. The molecular weight excluding hydrogens is 302 g/mol. The number of fused-ring (bicyclic) bond motifs is 3. The highest BCUT2D eigenvalue weighted by Gasteiger charge is 2.59. The number of benzene rings is 1. The van der Waals surface area contributed by atoms with Gasteiger partial charge in [0.05, 0.1) is 11.8 Å². The Kier molecular flexibility index (Phi) is 2.79. The fourth-order valence-corrected chi connectivity index (χ4v) is 2.71. The average Bonchev–Trinajstić information content (AvgIpc) is 3.24. The first-order chi connectivity index (χ1) is 11.1. The molecule has 116 valence electrons. The summed E-state index contributed by atoms with van der Waals surface area (Å²) in [4.78, 5) is 29.6. The lowest BCUT2D eigenvalue weighted by Crippen LogP contribution is -2.42. The molecular formula is C16H11NO6. The molecule has 0 saturated heterocycles. The van der Waals surface area contributed by atoms with Gasteiger partial charge in [-0.3, -0.25) is 4.79 Å². The van der Waals surface area contributed by atoms with Crippen molar-refractivity contribution in [3.63, 3.8) is 0 Å². The Balaban J connectivity index is 1.64. The van der Waals surface area contributed by atoms with E-state index in [1.165, 1.54) is 6.26 Å². The monoisotopic (exact) mass is 313 g/mol. The van der Waals surface area contributed by atoms with E-state index in [0.717, 1.165) is 11.3 Å². The van der Waals surface area contributed by atoms with Crippen molar-refractivity contribution in [3.8, 4) is 0 Å². The van der Waals surface area contributed by atoms with Crippen LogP contribution in [0.4, 0.5) is 0 Å². The molecule has 1 amide bonds. The normalized spacial score (nSPS) is 21.5. The van der Waals surface area contributed by atoms with Crippen LogP contribution in [0.5, 0.6) is 0 Å². The third kappa shape index (κ3) is 1.80. The van der Waals surface area contributed by atoms with E-state index >= 15 is 0 Å². The van der Waals surface area contributed by atoms with Crippen LogP contribution in [-0.4, -0.2) is 22.0 Å². The van der Waals surface area contributed by atoms with Crippen molar-refractivity contribution in [2.75, 3.05) is 0 Å². The SMILES string of the molecule is O=C(OCc1ccco1)C1=CON2C(=O)c3ccccc3C12O. The van der Waals surface area contributed by atoms with Crippen molar-refractivity contribution >= 4 is 11.9 Å². The van der Waals surface area contributed by atoms with Gasteiger partial charge in [-0.25, -0.2) is 4.79 Å². The van der Waals surface area contributed by atoms with Gasteiger partial charge in [0.2, 0.25) is 5.72 Å². The number of esters is 1. The third-order valence-corrected chi connectivity index (χ3v) is 3.81. The number of ether oxygens (including phenoxy) is 1. The molecule has 23 heavy (non-hydrogen) atoms. The fraction of sp³-hybridized carbons (Fsp3) is 0.125. The first kappa shape index (κ1) is 13.6. The zero-order valence-corrected chi connectivity index (χ0v) is 11.8. The molecule has 1 atom stereocenters. The molecule has 0 bridgehead atoms. The summed E-state index contributed by atoms with van der Waals surface area (Å²) >= 11 is 0. The molecule has 4 rings (SSSR count). The molecule has 2 aliphatic heterocycles. The maximum Gasteiger partial charge on any atom is 0.343 e. The van der Waals surface area contributed by atoms with Gasteiger partial charge in [0.15, 0.2) is 0 Å². The second kappa shape index (κ2) is 4.72. The Morgan fingerprint density at radius 1 is 1.26 bits per heavy atom. The smallest absolute Gasteiger partial charge is 0.343 e. The number of hydrogen-bond acceptors (Lipinski definition) is 6. The average molecular weight is 313 g/mol. The van der Waals surface area contributed by atoms with E-state index in [-0.39, 0.29) is 23.3 Å². The van der Waals surface area contributed by atoms with Gasteiger partial charge >= 0.3 is 5.97 Å². The molecule has 0 aliphatic carbocycles. The molecule has 1 aromatic heterocycles. The summed E-state index contributed by atoms with van der Waals surface area (Å²) < 4.78 is 10.2. The maximum absolute atomic E-state index is 12.3. The van der Waals surface area contributed by atoms with E-state index in [1.54, 1.807) is 36.4 Å². The van der Waals surface area contributed by atoms with E-state index in [2.05, 4.69) is 0 Å². The lowest BCUT2D eigenvalue weighted by molar-refractivity contribution is -0.188. The van der Waals surface area contributed by atoms with Crippen LogP contribution in [0.15, 0.2) is 58.9 Å². The van der Waals surface area contributed by atoms with Gasteiger partial charge in [-0.2, -0.15) is 0 Å². The largest absolute Gasteiger partial charge is 0.466 e. The van der Waals surface area contributed by atoms with Crippen LogP contribution >= 0.6 is 0 Å². The molecule has 2 aliphatic rings. The second-order valence-corrected chi connectivity index (χ2v) is 5.11. The summed E-state index contributed by atoms with van der Waals surface area (Å²) in [6, 6.07) is 9.78. The number of nitrogens with zero attached hydrogens (tertiary/aromatic N) is 1. The molecule has 1 unspecified atom stereocenters. The molecule has 2 aromatic rings. The molecule has 3 heterocycles. The number of amides is 1. The van der Waals surface area contributed by atoms with E-state index in [0.29, 0.717) is 5.76 Å². The summed E-state index contributed by atoms with van der Waals surface area (Å²) in [5, 5.41) is 11.7. The molecule has 7 nitrogen and oxygen atoms in total. The predicted octanol–water partition coefficient (Wildman–Crippen LogP) is 1.45. The van der Waals surface area contributed by atoms with Crippen LogP contribution in [0, 0.1) is 0 Å². The highest BCUT2D eigenvalue weighted by atomic mass is 16.7. The van der Waals surface area contributed by atoms with Gasteiger partial charge in [0.25, 0.3) is 5.91 Å². The maximum atomic E-state index is 12.3. The summed E-state index contributed by atoms with van der Waals surface area (Å²) in [7, 11) is 0. The first-order valence-electron chi connectivity index (χ1n) is 6.85. The van der Waals surface area contributed by atoms with Crippen LogP contribution in [0.2, 0.25) is 0 Å². The number of hydroxylamine groups is 2. The van der Waals surface area contributed by atoms with Crippen LogP contribution in [0.25, 0.3) is 0 Å². The molecule has 0 radical (unpaired) electrons. The fourth-order valence-electron chi connectivity index (χ4n) is 2.71. The molecule has 0 saturated carbocycles. The van der Waals surface area contributed by atoms with Gasteiger partial charge < -0.3 is 19.1 Å². The molecule has 1 N–H and O–H groups in total. The van der Waals surface area contributed by atoms with Crippen LogP contribution in [0.1, 0.15) is 21.7 Å². The van der Waals surface area contributed by atoms with Crippen molar-refractivity contribution in [1.82, 2.24) is 5.06 Å². The highest BCUT2D eigenvalue weighted by molar-refractivity contribution is 6.03. The van der Waals surface area contributed by atoms with Gasteiger partial charge in [0.1, 0.15) is 24.2 Å². The van der Waals surface area contributed by atoms with Crippen LogP contribution in [0.3, 0.4) is 0 Å². The van der Waals surface area contributed by atoms with E-state index in [1.807, 2.05) is 0 Å². The third-order valence-electron chi connectivity index (χ3n) is 3.81. The first-order valence-corrected chi connectivity index (χ1v) is 6.85. The number of carbonyl (C=O) groups excluding carboxylic acids is 2. The van der Waals surface area contributed by atoms with E-state index < -0.39 is 17.6 Å². The minimum atomic E-state index is -1.98. The number of hydrogen-bond donors (Lipinski definition) is 1. The van der Waals surface area contributed by atoms with E-state index in [4.69, 9.17) is 14.0 Å². The van der Waals surface area contributed by atoms with Gasteiger partial charge in [-0.05, 0) is 18.2 Å². The Morgan fingerprint density at radius 2 is 2.09 bits per heavy atom. The van der Waals surface area contributed by atoms with Crippen molar-refractivity contribution in [2.45, 2.75) is 12.3 Å². The summed E-state index contributed by atoms with van der Waals surface area (Å²) in [5.41, 5.74) is -1.58. The van der Waals surface area contributed by atoms with Crippen LogP contribution < -0.4 is 0 Å². The zero-order valence-electron chi connectivity index (χ0n) is 11.8. The Morgan fingerprint density at radius 3 is 2.87 bits per heavy atom. The number of rotatable bonds is 3. The summed E-state index contributed by atoms with van der Waals surface area (Å²) in [6.45, 7) is -0.0884. The van der Waals surface area contributed by atoms with Gasteiger partial charge in [-0.15, -0.1) is 5.06 Å². The Labute approximate surface area is 130 Å². The topological polar surface area (TPSA) is 89.2 Å². The number of furan rings is 1. The lowest BCUT2D eigenvalue weighted by Gasteiger charge is -2.25. The molecule has 0 fully saturated rings. The van der Waals surface area contributed by atoms with Gasteiger partial charge in [0, 0.05) is 5.56 Å². The van der Waals surface area contributed by atoms with Crippen molar-refractivity contribution < 1.29 is 28.7 Å². The standard InChI is InChI=1S/C16H11NO6/c18-14-11-5-1-2-6-12(11)16(20)13(9-23-17(14)16)15(19)22-8-10-4-3-7-21-10/h1-7,9,20H,8H2. The predicted molar refractivity (Wildman–Crippen MR) is 74.2 cm³/mol. The number of carbonyl (C=O) groups is 2. The summed E-state index contributed by atoms with van der Waals surface area (Å²) in [5.74, 6) is -0.853. The molecule has 1 aromatic carbocycles. The minimum Gasteiger partial charge on any atom is -0.466 e. The lowest BCUT2D eigenvalue weighted by atomic mass is 9.95. The summed E-state index contributed by atoms with van der Waals surface area (Å²) in [6.07, 6.45) is 2.49. The van der Waals surface area contributed by atoms with Crippen molar-refractivity contribution in [2.24, 2.45) is 0 Å². The Hall–Kier alpha value is -3.06. The van der Waals surface area contributed by atoms with E-state index in [9.17, 15) is 14.7 Å². The van der Waals surface area contributed by atoms with Crippen molar-refractivity contribution in [3.05, 3.63) is 71.4 Å². The highest BCUT2D eigenvalue weighted by Crippen LogP contribution is 2.46. The van der Waals surface area contributed by atoms with Crippen LogP contribution in [-0.2, 0) is 26.7 Å². The molecule has 7 heteroatoms. The Bertz CT molecular complexity index is 825. The zero-order chi connectivity index (χ0) is 16.0. The molecule has 0 spiro atoms. The second-order valence-electron chi connectivity index (χ2n) is 5.11. The van der Waals surface area contributed by atoms with Gasteiger partial charge in [-0.1, -0.05) is 18.2 Å². The minimum absolute atomic E-state index is 0.0884. The number of aliphatic hydroxyl groups is 1. The van der Waals surface area contributed by atoms with Crippen molar-refractivity contribution in [1.29, 1.82) is 0 Å².